The van der Waals surface area contributed by atoms with Gasteiger partial charge in [0.1, 0.15) is 5.75 Å². The van der Waals surface area contributed by atoms with Crippen molar-refractivity contribution in [3.63, 3.8) is 0 Å². The number of nitrogen functional groups attached to an aromatic ring is 1. The highest BCUT2D eigenvalue weighted by Gasteiger charge is 2.16. The summed E-state index contributed by atoms with van der Waals surface area (Å²) in [4.78, 5) is 25.1. The van der Waals surface area contributed by atoms with Gasteiger partial charge in [0.15, 0.2) is 5.11 Å². The second kappa shape index (κ2) is 10.4. The molecule has 0 aromatic heterocycles. The van der Waals surface area contributed by atoms with Gasteiger partial charge in [0, 0.05) is 23.0 Å². The minimum Gasteiger partial charge on any atom is -0.494 e. The highest BCUT2D eigenvalue weighted by Crippen LogP contribution is 2.29. The van der Waals surface area contributed by atoms with Crippen LogP contribution >= 0.6 is 12.2 Å². The molecule has 0 aliphatic carbocycles. The Balaban J connectivity index is 1.65. The van der Waals surface area contributed by atoms with Gasteiger partial charge in [-0.3, -0.25) is 14.9 Å². The molecule has 34 heavy (non-hydrogen) atoms. The van der Waals surface area contributed by atoms with Crippen molar-refractivity contribution in [3.05, 3.63) is 83.4 Å². The summed E-state index contributed by atoms with van der Waals surface area (Å²) in [6.45, 7) is 6.34. The zero-order chi connectivity index (χ0) is 24.9. The summed E-state index contributed by atoms with van der Waals surface area (Å²) >= 11 is 5.29. The van der Waals surface area contributed by atoms with Crippen LogP contribution in [0.3, 0.4) is 0 Å². The topological polar surface area (TPSA) is 105 Å². The van der Waals surface area contributed by atoms with Gasteiger partial charge in [-0.2, -0.15) is 0 Å². The van der Waals surface area contributed by atoms with Crippen molar-refractivity contribution in [2.45, 2.75) is 26.2 Å². The molecule has 0 atom stereocenters. The molecule has 2 amide bonds. The van der Waals surface area contributed by atoms with Crippen molar-refractivity contribution in [2.24, 2.45) is 0 Å². The Bertz CT molecular complexity index is 1220. The number of benzene rings is 3. The van der Waals surface area contributed by atoms with E-state index in [-0.39, 0.29) is 22.3 Å². The van der Waals surface area contributed by atoms with Crippen LogP contribution in [0.15, 0.2) is 66.7 Å². The first-order valence-corrected chi connectivity index (χ1v) is 11.1. The standard InChI is InChI=1S/C26H28N4O3S/c1-26(2,3)17-11-9-16(10-12-17)23(31)30-25(34)28-18-13-14-21(22(15-18)33-4)29-24(32)19-7-5-6-8-20(19)27/h5-15H,27H2,1-4H3,(H,29,32)(H2,28,30,31,34). The van der Waals surface area contributed by atoms with E-state index in [9.17, 15) is 9.59 Å². The van der Waals surface area contributed by atoms with E-state index in [1.54, 1.807) is 54.6 Å². The Morgan fingerprint density at radius 3 is 2.21 bits per heavy atom. The highest BCUT2D eigenvalue weighted by atomic mass is 32.1. The number of anilines is 3. The second-order valence-corrected chi connectivity index (χ2v) is 9.10. The first-order chi connectivity index (χ1) is 16.1. The number of para-hydroxylation sites is 1. The molecule has 0 saturated carbocycles. The van der Waals surface area contributed by atoms with Gasteiger partial charge in [-0.15, -0.1) is 0 Å². The van der Waals surface area contributed by atoms with Crippen molar-refractivity contribution in [3.8, 4) is 5.75 Å². The summed E-state index contributed by atoms with van der Waals surface area (Å²) in [5.74, 6) is -0.244. The van der Waals surface area contributed by atoms with Crippen LogP contribution in [0.1, 0.15) is 47.1 Å². The minimum atomic E-state index is -0.350. The van der Waals surface area contributed by atoms with E-state index in [1.165, 1.54) is 7.11 Å². The summed E-state index contributed by atoms with van der Waals surface area (Å²) < 4.78 is 5.41. The molecule has 0 unspecified atom stereocenters. The number of ether oxygens (including phenoxy) is 1. The molecule has 0 heterocycles. The molecule has 0 saturated heterocycles. The number of carbonyl (C=O) groups excluding carboxylic acids is 2. The monoisotopic (exact) mass is 476 g/mol. The van der Waals surface area contributed by atoms with E-state index in [1.807, 2.05) is 12.1 Å². The van der Waals surface area contributed by atoms with Crippen molar-refractivity contribution < 1.29 is 14.3 Å². The van der Waals surface area contributed by atoms with Crippen LogP contribution in [0.4, 0.5) is 17.1 Å². The van der Waals surface area contributed by atoms with Crippen LogP contribution in [0.2, 0.25) is 0 Å². The number of nitrogens with one attached hydrogen (secondary N) is 3. The molecule has 0 aliphatic rings. The van der Waals surface area contributed by atoms with Crippen LogP contribution < -0.4 is 26.4 Å². The molecule has 0 aliphatic heterocycles. The normalized spacial score (nSPS) is 10.8. The van der Waals surface area contributed by atoms with Crippen LogP contribution in [0.25, 0.3) is 0 Å². The molecule has 0 spiro atoms. The minimum absolute atomic E-state index is 0.00422. The summed E-state index contributed by atoms with van der Waals surface area (Å²) in [5.41, 5.74) is 9.33. The molecule has 3 aromatic carbocycles. The lowest BCUT2D eigenvalue weighted by atomic mass is 9.87. The molecule has 0 bridgehead atoms. The molecule has 7 nitrogen and oxygen atoms in total. The van der Waals surface area contributed by atoms with Gasteiger partial charge in [0.05, 0.1) is 18.4 Å². The molecule has 0 radical (unpaired) electrons. The zero-order valence-electron chi connectivity index (χ0n) is 19.6. The lowest BCUT2D eigenvalue weighted by Gasteiger charge is -2.19. The first-order valence-electron chi connectivity index (χ1n) is 10.7. The largest absolute Gasteiger partial charge is 0.494 e. The highest BCUT2D eigenvalue weighted by molar-refractivity contribution is 7.80. The van der Waals surface area contributed by atoms with Crippen LogP contribution in [0.5, 0.6) is 5.75 Å². The SMILES string of the molecule is COc1cc(NC(=S)NC(=O)c2ccc(C(C)(C)C)cc2)ccc1NC(=O)c1ccccc1N. The molecule has 3 rings (SSSR count). The molecule has 8 heteroatoms. The molecule has 176 valence electrons. The fraction of sp³-hybridized carbons (Fsp3) is 0.192. The molecule has 3 aromatic rings. The summed E-state index contributed by atoms with van der Waals surface area (Å²) in [5, 5.41) is 8.57. The Labute approximate surface area is 204 Å². The number of carbonyl (C=O) groups is 2. The Kier molecular flexibility index (Phi) is 7.53. The van der Waals surface area contributed by atoms with E-state index in [0.717, 1.165) is 5.56 Å². The van der Waals surface area contributed by atoms with E-state index >= 15 is 0 Å². The number of rotatable bonds is 5. The van der Waals surface area contributed by atoms with Crippen molar-refractivity contribution in [2.75, 3.05) is 23.5 Å². The van der Waals surface area contributed by atoms with E-state index in [2.05, 4.69) is 36.7 Å². The molecule has 0 fully saturated rings. The Morgan fingerprint density at radius 1 is 0.912 bits per heavy atom. The smallest absolute Gasteiger partial charge is 0.257 e. The first kappa shape index (κ1) is 24.7. The van der Waals surface area contributed by atoms with Gasteiger partial charge in [0.25, 0.3) is 11.8 Å². The van der Waals surface area contributed by atoms with E-state index < -0.39 is 0 Å². The van der Waals surface area contributed by atoms with Crippen LogP contribution in [-0.4, -0.2) is 24.0 Å². The average Bonchev–Trinajstić information content (AvgIpc) is 2.79. The lowest BCUT2D eigenvalue weighted by Crippen LogP contribution is -2.34. The van der Waals surface area contributed by atoms with Gasteiger partial charge in [-0.25, -0.2) is 0 Å². The van der Waals surface area contributed by atoms with Crippen molar-refractivity contribution >= 4 is 46.2 Å². The molecular weight excluding hydrogens is 448 g/mol. The lowest BCUT2D eigenvalue weighted by molar-refractivity contribution is 0.0976. The van der Waals surface area contributed by atoms with Gasteiger partial charge in [0.2, 0.25) is 0 Å². The molecular formula is C26H28N4O3S. The number of hydrogen-bond donors (Lipinski definition) is 4. The third kappa shape index (κ3) is 6.11. The quantitative estimate of drug-likeness (QED) is 0.307. The average molecular weight is 477 g/mol. The number of amides is 2. The number of hydrogen-bond acceptors (Lipinski definition) is 5. The van der Waals surface area contributed by atoms with E-state index in [0.29, 0.717) is 33.9 Å². The zero-order valence-corrected chi connectivity index (χ0v) is 20.4. The van der Waals surface area contributed by atoms with Crippen molar-refractivity contribution in [1.82, 2.24) is 5.32 Å². The maximum atomic E-state index is 12.6. The van der Waals surface area contributed by atoms with Crippen molar-refractivity contribution in [1.29, 1.82) is 0 Å². The fourth-order valence-electron chi connectivity index (χ4n) is 3.22. The second-order valence-electron chi connectivity index (χ2n) is 8.69. The number of nitrogens with two attached hydrogens (primary N) is 1. The van der Waals surface area contributed by atoms with Crippen LogP contribution in [0, 0.1) is 0 Å². The maximum Gasteiger partial charge on any atom is 0.257 e. The van der Waals surface area contributed by atoms with Gasteiger partial charge in [-0.1, -0.05) is 45.0 Å². The van der Waals surface area contributed by atoms with Gasteiger partial charge in [-0.05, 0) is 59.6 Å². The Morgan fingerprint density at radius 2 is 1.59 bits per heavy atom. The van der Waals surface area contributed by atoms with Gasteiger partial charge >= 0.3 is 0 Å². The summed E-state index contributed by atoms with van der Waals surface area (Å²) in [6, 6.07) is 19.3. The number of methoxy groups -OCH3 is 1. The predicted octanol–water partition coefficient (Wildman–Crippen LogP) is 4.95. The van der Waals surface area contributed by atoms with Crippen LogP contribution in [-0.2, 0) is 5.41 Å². The fourth-order valence-corrected chi connectivity index (χ4v) is 3.44. The third-order valence-corrected chi connectivity index (χ3v) is 5.36. The van der Waals surface area contributed by atoms with Gasteiger partial charge < -0.3 is 21.1 Å². The third-order valence-electron chi connectivity index (χ3n) is 5.15. The predicted molar refractivity (Wildman–Crippen MR) is 141 cm³/mol. The van der Waals surface area contributed by atoms with E-state index in [4.69, 9.17) is 22.7 Å². The molecule has 5 N–H and O–H groups in total. The number of thiocarbonyl (C=S) groups is 1. The Hall–Kier alpha value is -3.91. The summed E-state index contributed by atoms with van der Waals surface area (Å²) in [7, 11) is 1.49. The maximum absolute atomic E-state index is 12.6. The summed E-state index contributed by atoms with van der Waals surface area (Å²) in [6.07, 6.45) is 0.